The van der Waals surface area contributed by atoms with E-state index in [9.17, 15) is 9.59 Å². The fraction of sp³-hybridized carbons (Fsp3) is 0.415. The molecular formula is C41H46Cl2N6O5. The van der Waals surface area contributed by atoms with E-state index in [1.165, 1.54) is 0 Å². The van der Waals surface area contributed by atoms with Gasteiger partial charge < -0.3 is 29.3 Å². The number of likely N-dealkylation sites (tertiary alicyclic amines) is 3. The van der Waals surface area contributed by atoms with Crippen LogP contribution in [0, 0.1) is 5.41 Å². The summed E-state index contributed by atoms with van der Waals surface area (Å²) in [5.74, 6) is 1.47. The van der Waals surface area contributed by atoms with Crippen molar-refractivity contribution in [2.24, 2.45) is 5.41 Å². The minimum Gasteiger partial charge on any atom is -0.496 e. The monoisotopic (exact) mass is 772 g/mol. The molecule has 284 valence electrons. The second-order valence-corrected chi connectivity index (χ2v) is 15.3. The van der Waals surface area contributed by atoms with Crippen LogP contribution in [0.25, 0.3) is 33.6 Å². The Morgan fingerprint density at radius 1 is 0.870 bits per heavy atom. The van der Waals surface area contributed by atoms with Crippen molar-refractivity contribution in [3.8, 4) is 45.3 Å². The molecule has 2 amide bonds. The van der Waals surface area contributed by atoms with Gasteiger partial charge in [0.2, 0.25) is 17.7 Å². The fourth-order valence-corrected chi connectivity index (χ4v) is 8.63. The highest BCUT2D eigenvalue weighted by atomic mass is 35.5. The van der Waals surface area contributed by atoms with Gasteiger partial charge in [0.05, 0.1) is 35.7 Å². The van der Waals surface area contributed by atoms with E-state index >= 15 is 0 Å². The zero-order valence-corrected chi connectivity index (χ0v) is 32.7. The molecule has 0 aliphatic carbocycles. The highest BCUT2D eigenvalue weighted by Gasteiger charge is 2.52. The summed E-state index contributed by atoms with van der Waals surface area (Å²) >= 11 is 14.3. The number of nitrogens with one attached hydrogen (secondary N) is 1. The van der Waals surface area contributed by atoms with Crippen LogP contribution in [-0.2, 0) is 27.4 Å². The van der Waals surface area contributed by atoms with Gasteiger partial charge in [0, 0.05) is 117 Å². The number of pyridine rings is 2. The Morgan fingerprint density at radius 2 is 1.59 bits per heavy atom. The molecule has 3 aliphatic rings. The van der Waals surface area contributed by atoms with Crippen molar-refractivity contribution < 1.29 is 23.8 Å². The van der Waals surface area contributed by atoms with Crippen molar-refractivity contribution in [1.82, 2.24) is 30.0 Å². The van der Waals surface area contributed by atoms with Crippen LogP contribution in [0.1, 0.15) is 30.9 Å². The molecule has 3 saturated heterocycles. The van der Waals surface area contributed by atoms with Crippen LogP contribution in [0.3, 0.4) is 0 Å². The average molecular weight is 774 g/mol. The smallest absolute Gasteiger partial charge is 0.248 e. The first-order chi connectivity index (χ1) is 26.1. The first-order valence-electron chi connectivity index (χ1n) is 18.2. The first-order valence-corrected chi connectivity index (χ1v) is 19.0. The zero-order chi connectivity index (χ0) is 38.0. The van der Waals surface area contributed by atoms with E-state index in [-0.39, 0.29) is 29.9 Å². The highest BCUT2D eigenvalue weighted by Crippen LogP contribution is 2.44. The number of benzene rings is 2. The number of piperidine rings is 1. The van der Waals surface area contributed by atoms with E-state index < -0.39 is 0 Å². The fourth-order valence-electron chi connectivity index (χ4n) is 7.99. The third-order valence-corrected chi connectivity index (χ3v) is 11.6. The molecule has 1 N–H and O–H groups in total. The average Bonchev–Trinajstić information content (AvgIpc) is 3.15. The van der Waals surface area contributed by atoms with Gasteiger partial charge in [-0.1, -0.05) is 59.6 Å². The van der Waals surface area contributed by atoms with Gasteiger partial charge in [-0.3, -0.25) is 19.5 Å². The summed E-state index contributed by atoms with van der Waals surface area (Å²) in [7, 11) is 4.84. The van der Waals surface area contributed by atoms with Crippen LogP contribution >= 0.6 is 23.2 Å². The number of halogens is 2. The van der Waals surface area contributed by atoms with Crippen LogP contribution in [0.2, 0.25) is 10.0 Å². The second-order valence-electron chi connectivity index (χ2n) is 14.6. The van der Waals surface area contributed by atoms with Gasteiger partial charge in [-0.25, -0.2) is 4.98 Å². The largest absolute Gasteiger partial charge is 0.496 e. The molecular weight excluding hydrogens is 727 g/mol. The van der Waals surface area contributed by atoms with Crippen LogP contribution in [0.5, 0.6) is 11.6 Å². The predicted molar refractivity (Wildman–Crippen MR) is 210 cm³/mol. The molecule has 3 aliphatic heterocycles. The van der Waals surface area contributed by atoms with E-state index in [0.717, 1.165) is 84.7 Å². The summed E-state index contributed by atoms with van der Waals surface area (Å²) in [5.41, 5.74) is 6.68. The Bertz CT molecular complexity index is 2020. The number of rotatable bonds is 12. The van der Waals surface area contributed by atoms with Crippen molar-refractivity contribution in [3.63, 3.8) is 0 Å². The molecule has 0 unspecified atom stereocenters. The van der Waals surface area contributed by atoms with Crippen LogP contribution in [0.4, 0.5) is 0 Å². The molecule has 5 heterocycles. The Morgan fingerprint density at radius 3 is 2.30 bits per heavy atom. The Balaban J connectivity index is 1.05. The Hall–Kier alpha value is -4.26. The summed E-state index contributed by atoms with van der Waals surface area (Å²) < 4.78 is 16.6. The number of methoxy groups -OCH3 is 3. The Kier molecular flexibility index (Phi) is 11.4. The first kappa shape index (κ1) is 38.0. The predicted octanol–water partition coefficient (Wildman–Crippen LogP) is 6.19. The lowest BCUT2D eigenvalue weighted by Crippen LogP contribution is -2.72. The van der Waals surface area contributed by atoms with E-state index in [1.54, 1.807) is 34.4 Å². The summed E-state index contributed by atoms with van der Waals surface area (Å²) in [6, 6.07) is 18.0. The standard InChI is InChI=1S/C41H46Cl2N6O5/c1-26(50)49-24-41(25-49)22-47(23-41)20-29-9-8-27(18-35(29)53-3)39-38(43)32(12-15-44-39)31-6-5-7-33(37(31)42)34-11-10-28(40(46-34)54-4)19-45-30-13-16-48(17-14-30)36(51)21-52-2/h5-12,15,18,30,45H,13-14,16-17,19-25H2,1-4H3. The molecule has 11 nitrogen and oxygen atoms in total. The minimum atomic E-state index is 0.0308. The lowest BCUT2D eigenvalue weighted by atomic mass is 9.72. The van der Waals surface area contributed by atoms with E-state index in [4.69, 9.17) is 42.4 Å². The maximum Gasteiger partial charge on any atom is 0.248 e. The van der Waals surface area contributed by atoms with Crippen LogP contribution in [-0.4, -0.2) is 110 Å². The number of hydrogen-bond acceptors (Lipinski definition) is 9. The van der Waals surface area contributed by atoms with Gasteiger partial charge in [0.1, 0.15) is 12.4 Å². The topological polar surface area (TPSA) is 109 Å². The van der Waals surface area contributed by atoms with Crippen LogP contribution < -0.4 is 14.8 Å². The lowest BCUT2D eigenvalue weighted by molar-refractivity contribution is -0.157. The van der Waals surface area contributed by atoms with E-state index in [2.05, 4.69) is 21.3 Å². The lowest BCUT2D eigenvalue weighted by Gasteiger charge is -2.60. The molecule has 0 bridgehead atoms. The molecule has 4 aromatic rings. The van der Waals surface area contributed by atoms with Gasteiger partial charge in [0.25, 0.3) is 0 Å². The summed E-state index contributed by atoms with van der Waals surface area (Å²) in [5, 5.41) is 4.61. The van der Waals surface area contributed by atoms with Gasteiger partial charge in [-0.05, 0) is 31.0 Å². The number of nitrogens with zero attached hydrogens (tertiary/aromatic N) is 5. The molecule has 2 aromatic heterocycles. The molecule has 7 rings (SSSR count). The number of hydrogen-bond donors (Lipinski definition) is 1. The number of carbonyl (C=O) groups excluding carboxylic acids is 2. The number of carbonyl (C=O) groups is 2. The second kappa shape index (κ2) is 16.2. The SMILES string of the molecule is COCC(=O)N1CCC(NCc2ccc(-c3cccc(-c4ccnc(-c5ccc(CN6CC7(C6)CN(C(C)=O)C7)c(OC)c5)c4Cl)c3Cl)nc2OC)CC1. The van der Waals surface area contributed by atoms with Gasteiger partial charge in [-0.2, -0.15) is 0 Å². The molecule has 1 spiro atoms. The van der Waals surface area contributed by atoms with Crippen molar-refractivity contribution in [1.29, 1.82) is 0 Å². The quantitative estimate of drug-likeness (QED) is 0.180. The molecule has 3 fully saturated rings. The number of ether oxygens (including phenoxy) is 3. The number of amides is 2. The Labute approximate surface area is 326 Å². The van der Waals surface area contributed by atoms with E-state index in [1.807, 2.05) is 58.3 Å². The third kappa shape index (κ3) is 7.79. The molecule has 2 aromatic carbocycles. The maximum absolute atomic E-state index is 12.2. The van der Waals surface area contributed by atoms with Crippen molar-refractivity contribution in [3.05, 3.63) is 82.0 Å². The van der Waals surface area contributed by atoms with Crippen molar-refractivity contribution in [2.45, 2.75) is 38.9 Å². The van der Waals surface area contributed by atoms with Crippen molar-refractivity contribution in [2.75, 3.05) is 67.2 Å². The summed E-state index contributed by atoms with van der Waals surface area (Å²) in [4.78, 5) is 39.5. The summed E-state index contributed by atoms with van der Waals surface area (Å²) in [6.45, 7) is 8.16. The molecule has 13 heteroatoms. The normalized spacial score (nSPS) is 16.9. The molecule has 54 heavy (non-hydrogen) atoms. The maximum atomic E-state index is 12.2. The molecule has 0 saturated carbocycles. The van der Waals surface area contributed by atoms with E-state index in [0.29, 0.717) is 46.9 Å². The highest BCUT2D eigenvalue weighted by molar-refractivity contribution is 6.39. The van der Waals surface area contributed by atoms with Gasteiger partial charge >= 0.3 is 0 Å². The minimum absolute atomic E-state index is 0.0308. The van der Waals surface area contributed by atoms with Crippen LogP contribution in [0.15, 0.2) is 60.8 Å². The van der Waals surface area contributed by atoms with Crippen molar-refractivity contribution >= 4 is 35.0 Å². The molecule has 0 radical (unpaired) electrons. The molecule has 0 atom stereocenters. The van der Waals surface area contributed by atoms with Gasteiger partial charge in [0.15, 0.2) is 0 Å². The van der Waals surface area contributed by atoms with Gasteiger partial charge in [-0.15, -0.1) is 0 Å². The number of aromatic nitrogens is 2. The summed E-state index contributed by atoms with van der Waals surface area (Å²) in [6.07, 6.45) is 3.48. The third-order valence-electron chi connectivity index (χ3n) is 10.9. The zero-order valence-electron chi connectivity index (χ0n) is 31.2.